The molecule has 90 valence electrons. The van der Waals surface area contributed by atoms with Crippen LogP contribution in [0.1, 0.15) is 43.7 Å². The Morgan fingerprint density at radius 2 is 2.12 bits per heavy atom. The number of isocyanates is 1. The van der Waals surface area contributed by atoms with Crippen LogP contribution >= 0.6 is 0 Å². The van der Waals surface area contributed by atoms with Crippen LogP contribution in [0.5, 0.6) is 5.75 Å². The lowest BCUT2D eigenvalue weighted by molar-refractivity contribution is 0.403. The Hall–Kier alpha value is -1.60. The van der Waals surface area contributed by atoms with Gasteiger partial charge in [-0.3, -0.25) is 0 Å². The van der Waals surface area contributed by atoms with Gasteiger partial charge in [-0.15, -0.1) is 0 Å². The van der Waals surface area contributed by atoms with E-state index in [0.29, 0.717) is 5.92 Å². The second kappa shape index (κ2) is 4.34. The molecule has 1 fully saturated rings. The van der Waals surface area contributed by atoms with Gasteiger partial charge in [-0.1, -0.05) is 26.0 Å². The SMILES string of the molecule is COc1cc(C(C)C)ccc1C1(N=C=O)CC1. The minimum absolute atomic E-state index is 0.359. The van der Waals surface area contributed by atoms with Gasteiger partial charge in [-0.2, -0.15) is 4.99 Å². The molecule has 3 nitrogen and oxygen atoms in total. The Kier molecular flexibility index (Phi) is 3.03. The number of nitrogens with zero attached hydrogens (tertiary/aromatic N) is 1. The molecular weight excluding hydrogens is 214 g/mol. The molecule has 0 saturated heterocycles. The summed E-state index contributed by atoms with van der Waals surface area (Å²) in [5.74, 6) is 1.29. The zero-order chi connectivity index (χ0) is 12.5. The van der Waals surface area contributed by atoms with Gasteiger partial charge in [0.25, 0.3) is 0 Å². The van der Waals surface area contributed by atoms with Crippen LogP contribution in [0.2, 0.25) is 0 Å². The molecule has 0 N–H and O–H groups in total. The van der Waals surface area contributed by atoms with Crippen molar-refractivity contribution in [2.75, 3.05) is 7.11 Å². The Balaban J connectivity index is 2.45. The van der Waals surface area contributed by atoms with Gasteiger partial charge in [0.1, 0.15) is 11.3 Å². The van der Waals surface area contributed by atoms with Crippen molar-refractivity contribution in [3.63, 3.8) is 0 Å². The molecule has 2 rings (SSSR count). The van der Waals surface area contributed by atoms with Crippen LogP contribution in [0.3, 0.4) is 0 Å². The average molecular weight is 231 g/mol. The molecule has 0 heterocycles. The number of rotatable bonds is 4. The van der Waals surface area contributed by atoms with E-state index in [9.17, 15) is 4.79 Å². The number of ether oxygens (including phenoxy) is 1. The van der Waals surface area contributed by atoms with E-state index >= 15 is 0 Å². The summed E-state index contributed by atoms with van der Waals surface area (Å²) >= 11 is 0. The summed E-state index contributed by atoms with van der Waals surface area (Å²) < 4.78 is 5.42. The van der Waals surface area contributed by atoms with Crippen LogP contribution in [-0.2, 0) is 10.3 Å². The summed E-state index contributed by atoms with van der Waals surface area (Å²) in [6, 6.07) is 6.16. The number of carbonyl (C=O) groups excluding carboxylic acids is 1. The van der Waals surface area contributed by atoms with Crippen molar-refractivity contribution in [3.05, 3.63) is 29.3 Å². The van der Waals surface area contributed by atoms with Gasteiger partial charge < -0.3 is 4.74 Å². The fourth-order valence-corrected chi connectivity index (χ4v) is 2.10. The van der Waals surface area contributed by atoms with Crippen molar-refractivity contribution in [1.82, 2.24) is 0 Å². The molecule has 1 aliphatic rings. The molecule has 0 bridgehead atoms. The lowest BCUT2D eigenvalue weighted by Crippen LogP contribution is -2.06. The van der Waals surface area contributed by atoms with Crippen LogP contribution in [0, 0.1) is 0 Å². The van der Waals surface area contributed by atoms with E-state index in [-0.39, 0.29) is 5.54 Å². The highest BCUT2D eigenvalue weighted by molar-refractivity contribution is 5.49. The van der Waals surface area contributed by atoms with E-state index in [4.69, 9.17) is 4.74 Å². The molecule has 0 atom stereocenters. The second-order valence-corrected chi connectivity index (χ2v) is 4.85. The first kappa shape index (κ1) is 11.9. The summed E-state index contributed by atoms with van der Waals surface area (Å²) in [4.78, 5) is 14.4. The quantitative estimate of drug-likeness (QED) is 0.589. The van der Waals surface area contributed by atoms with Crippen molar-refractivity contribution < 1.29 is 9.53 Å². The molecule has 17 heavy (non-hydrogen) atoms. The Labute approximate surface area is 102 Å². The van der Waals surface area contributed by atoms with E-state index < -0.39 is 0 Å². The molecule has 1 aliphatic carbocycles. The summed E-state index contributed by atoms with van der Waals surface area (Å²) in [6.07, 6.45) is 3.48. The van der Waals surface area contributed by atoms with Crippen LogP contribution < -0.4 is 4.74 Å². The summed E-state index contributed by atoms with van der Waals surface area (Å²) in [5.41, 5.74) is 1.88. The maximum Gasteiger partial charge on any atom is 0.235 e. The van der Waals surface area contributed by atoms with E-state index in [1.165, 1.54) is 5.56 Å². The molecule has 0 radical (unpaired) electrons. The molecule has 0 amide bonds. The first-order valence-electron chi connectivity index (χ1n) is 5.90. The number of hydrogen-bond donors (Lipinski definition) is 0. The summed E-state index contributed by atoms with van der Waals surface area (Å²) in [7, 11) is 1.66. The molecule has 1 saturated carbocycles. The Morgan fingerprint density at radius 1 is 1.41 bits per heavy atom. The van der Waals surface area contributed by atoms with E-state index in [0.717, 1.165) is 24.2 Å². The van der Waals surface area contributed by atoms with E-state index in [1.807, 2.05) is 12.1 Å². The number of aliphatic imine (C=N–C) groups is 1. The fourth-order valence-electron chi connectivity index (χ4n) is 2.10. The van der Waals surface area contributed by atoms with Gasteiger partial charge in [0, 0.05) is 5.56 Å². The second-order valence-electron chi connectivity index (χ2n) is 4.85. The zero-order valence-corrected chi connectivity index (χ0v) is 10.5. The third-order valence-corrected chi connectivity index (χ3v) is 3.38. The highest BCUT2D eigenvalue weighted by Crippen LogP contribution is 2.52. The highest BCUT2D eigenvalue weighted by atomic mass is 16.5. The maximum atomic E-state index is 10.5. The van der Waals surface area contributed by atoms with Crippen molar-refractivity contribution in [2.45, 2.75) is 38.1 Å². The monoisotopic (exact) mass is 231 g/mol. The van der Waals surface area contributed by atoms with Gasteiger partial charge >= 0.3 is 0 Å². The molecular formula is C14H17NO2. The van der Waals surface area contributed by atoms with Crippen LogP contribution in [-0.4, -0.2) is 13.2 Å². The topological polar surface area (TPSA) is 38.7 Å². The summed E-state index contributed by atoms with van der Waals surface area (Å²) in [6.45, 7) is 4.29. The van der Waals surface area contributed by atoms with Crippen molar-refractivity contribution >= 4 is 6.08 Å². The zero-order valence-electron chi connectivity index (χ0n) is 10.5. The highest BCUT2D eigenvalue weighted by Gasteiger charge is 2.46. The molecule has 0 aromatic heterocycles. The Bertz CT molecular complexity index is 469. The molecule has 3 heteroatoms. The van der Waals surface area contributed by atoms with E-state index in [2.05, 4.69) is 24.9 Å². The molecule has 1 aromatic carbocycles. The van der Waals surface area contributed by atoms with Gasteiger partial charge in [-0.25, -0.2) is 4.79 Å². The third kappa shape index (κ3) is 2.11. The largest absolute Gasteiger partial charge is 0.496 e. The number of methoxy groups -OCH3 is 1. The first-order valence-corrected chi connectivity index (χ1v) is 5.90. The van der Waals surface area contributed by atoms with Gasteiger partial charge in [0.15, 0.2) is 0 Å². The molecule has 0 unspecified atom stereocenters. The van der Waals surface area contributed by atoms with Gasteiger partial charge in [-0.05, 0) is 30.4 Å². The first-order chi connectivity index (χ1) is 8.13. The van der Waals surface area contributed by atoms with Gasteiger partial charge in [0.2, 0.25) is 6.08 Å². The Morgan fingerprint density at radius 3 is 2.59 bits per heavy atom. The molecule has 0 spiro atoms. The third-order valence-electron chi connectivity index (χ3n) is 3.38. The van der Waals surface area contributed by atoms with Crippen molar-refractivity contribution in [1.29, 1.82) is 0 Å². The summed E-state index contributed by atoms with van der Waals surface area (Å²) in [5, 5.41) is 0. The minimum Gasteiger partial charge on any atom is -0.496 e. The van der Waals surface area contributed by atoms with Crippen LogP contribution in [0.15, 0.2) is 23.2 Å². The van der Waals surface area contributed by atoms with Crippen LogP contribution in [0.25, 0.3) is 0 Å². The predicted molar refractivity (Wildman–Crippen MR) is 66.1 cm³/mol. The van der Waals surface area contributed by atoms with Gasteiger partial charge in [0.05, 0.1) is 7.11 Å². The minimum atomic E-state index is -0.359. The van der Waals surface area contributed by atoms with Crippen molar-refractivity contribution in [3.8, 4) is 5.75 Å². The predicted octanol–water partition coefficient (Wildman–Crippen LogP) is 3.14. The fraction of sp³-hybridized carbons (Fsp3) is 0.500. The van der Waals surface area contributed by atoms with Crippen LogP contribution in [0.4, 0.5) is 0 Å². The molecule has 1 aromatic rings. The number of benzene rings is 1. The lowest BCUT2D eigenvalue weighted by Gasteiger charge is -2.16. The number of hydrogen-bond acceptors (Lipinski definition) is 3. The average Bonchev–Trinajstić information content (AvgIpc) is 3.09. The normalized spacial score (nSPS) is 16.5. The maximum absolute atomic E-state index is 10.5. The van der Waals surface area contributed by atoms with Crippen molar-refractivity contribution in [2.24, 2.45) is 4.99 Å². The van der Waals surface area contributed by atoms with E-state index in [1.54, 1.807) is 13.2 Å². The lowest BCUT2D eigenvalue weighted by atomic mass is 9.97. The smallest absolute Gasteiger partial charge is 0.235 e. The molecule has 0 aliphatic heterocycles. The standard InChI is InChI=1S/C14H17NO2/c1-10(2)11-4-5-12(13(8-11)17-3)14(6-7-14)15-9-16/h4-5,8,10H,6-7H2,1-3H3.